The number of anilines is 2. The van der Waals surface area contributed by atoms with Crippen LogP contribution in [0.25, 0.3) is 22.8 Å². The van der Waals surface area contributed by atoms with Gasteiger partial charge in [-0.05, 0) is 36.4 Å². The molecule has 0 unspecified atom stereocenters. The summed E-state index contributed by atoms with van der Waals surface area (Å²) >= 11 is 5.53. The Labute approximate surface area is 256 Å². The number of piperazine rings is 2. The van der Waals surface area contributed by atoms with E-state index in [1.165, 1.54) is 43.0 Å². The van der Waals surface area contributed by atoms with Gasteiger partial charge in [0.25, 0.3) is 0 Å². The van der Waals surface area contributed by atoms with E-state index < -0.39 is 23.3 Å². The maximum absolute atomic E-state index is 14.5. The molecule has 2 aromatic heterocycles. The van der Waals surface area contributed by atoms with Gasteiger partial charge in [-0.15, -0.1) is 11.6 Å². The normalized spacial score (nSPS) is 15.1. The number of benzene rings is 2. The Morgan fingerprint density at radius 3 is 1.52 bits per heavy atom. The Kier molecular flexibility index (Phi) is 10.2. The average Bonchev–Trinajstić information content (AvgIpc) is 3.08. The molecule has 9 nitrogen and oxygen atoms in total. The number of rotatable bonds is 5. The SMILES string of the molecule is Fc1c(-c2ncccn2)ccc(N2CCNCC2)c1F.O=C(CCl)N1CCN(c2ccc(-c3ncccn3)c(F)c2F)CC1. The number of carbonyl (C=O) groups is 1. The number of nitrogens with zero attached hydrogens (tertiary/aromatic N) is 7. The van der Waals surface area contributed by atoms with Crippen LogP contribution in [0.5, 0.6) is 0 Å². The lowest BCUT2D eigenvalue weighted by molar-refractivity contribution is -0.128. The van der Waals surface area contributed by atoms with Crippen LogP contribution in [0.1, 0.15) is 0 Å². The Bertz CT molecular complexity index is 1570. The third kappa shape index (κ3) is 6.89. The van der Waals surface area contributed by atoms with Crippen LogP contribution in [-0.4, -0.2) is 89.0 Å². The summed E-state index contributed by atoms with van der Waals surface area (Å²) in [6.07, 6.45) is 5.95. The monoisotopic (exact) mass is 628 g/mol. The van der Waals surface area contributed by atoms with Crippen molar-refractivity contribution in [2.24, 2.45) is 0 Å². The molecule has 2 aliphatic rings. The van der Waals surface area contributed by atoms with Gasteiger partial charge >= 0.3 is 0 Å². The highest BCUT2D eigenvalue weighted by atomic mass is 35.5. The van der Waals surface area contributed by atoms with Gasteiger partial charge in [-0.25, -0.2) is 37.5 Å². The van der Waals surface area contributed by atoms with Crippen LogP contribution in [0.2, 0.25) is 0 Å². The maximum atomic E-state index is 14.5. The Morgan fingerprint density at radius 1 is 0.659 bits per heavy atom. The van der Waals surface area contributed by atoms with Crippen molar-refractivity contribution in [3.8, 4) is 22.8 Å². The number of nitrogens with one attached hydrogen (secondary N) is 1. The second-order valence-corrected chi connectivity index (χ2v) is 10.2. The van der Waals surface area contributed by atoms with Crippen molar-refractivity contribution >= 4 is 28.9 Å². The number of alkyl halides is 1. The minimum Gasteiger partial charge on any atom is -0.367 e. The first-order chi connectivity index (χ1) is 21.4. The summed E-state index contributed by atoms with van der Waals surface area (Å²) in [5.41, 5.74) is 0.573. The minimum atomic E-state index is -0.974. The molecule has 2 saturated heterocycles. The van der Waals surface area contributed by atoms with E-state index in [0.29, 0.717) is 45.0 Å². The van der Waals surface area contributed by atoms with E-state index in [0.717, 1.165) is 13.1 Å². The zero-order chi connectivity index (χ0) is 31.1. The molecule has 0 atom stereocenters. The van der Waals surface area contributed by atoms with Gasteiger partial charge in [0.05, 0.1) is 22.5 Å². The van der Waals surface area contributed by atoms with Crippen molar-refractivity contribution in [2.75, 3.05) is 68.0 Å². The number of hydrogen-bond donors (Lipinski definition) is 1. The van der Waals surface area contributed by atoms with Gasteiger partial charge in [-0.1, -0.05) is 0 Å². The second-order valence-electron chi connectivity index (χ2n) is 9.90. The minimum absolute atomic E-state index is 0.0211. The molecule has 14 heteroatoms. The van der Waals surface area contributed by atoms with E-state index in [2.05, 4.69) is 25.3 Å². The topological polar surface area (TPSA) is 90.4 Å². The van der Waals surface area contributed by atoms with E-state index in [-0.39, 0.29) is 40.3 Å². The highest BCUT2D eigenvalue weighted by Gasteiger charge is 2.25. The number of carbonyl (C=O) groups excluding carboxylic acids is 1. The van der Waals surface area contributed by atoms with E-state index in [1.54, 1.807) is 28.0 Å². The Hall–Kier alpha value is -4.36. The second kappa shape index (κ2) is 14.4. The molecule has 1 N–H and O–H groups in total. The van der Waals surface area contributed by atoms with E-state index in [1.807, 2.05) is 4.90 Å². The fourth-order valence-electron chi connectivity index (χ4n) is 4.98. The fraction of sp³-hybridized carbons (Fsp3) is 0.300. The van der Waals surface area contributed by atoms with Crippen molar-refractivity contribution in [3.05, 3.63) is 84.5 Å². The summed E-state index contributed by atoms with van der Waals surface area (Å²) in [6, 6.07) is 9.35. The highest BCUT2D eigenvalue weighted by molar-refractivity contribution is 6.27. The quantitative estimate of drug-likeness (QED) is 0.261. The van der Waals surface area contributed by atoms with Crippen LogP contribution in [0.15, 0.2) is 61.2 Å². The zero-order valence-electron chi connectivity index (χ0n) is 23.6. The first-order valence-corrected chi connectivity index (χ1v) is 14.5. The molecule has 6 rings (SSSR count). The molecule has 230 valence electrons. The maximum Gasteiger partial charge on any atom is 0.237 e. The summed E-state index contributed by atoms with van der Waals surface area (Å²) in [5.74, 6) is -3.54. The fourth-order valence-corrected chi connectivity index (χ4v) is 5.14. The van der Waals surface area contributed by atoms with Gasteiger partial charge in [-0.2, -0.15) is 0 Å². The van der Waals surface area contributed by atoms with Crippen LogP contribution >= 0.6 is 11.6 Å². The van der Waals surface area contributed by atoms with E-state index in [4.69, 9.17) is 11.6 Å². The van der Waals surface area contributed by atoms with Gasteiger partial charge < -0.3 is 20.0 Å². The molecular weight excluding hydrogens is 600 g/mol. The summed E-state index contributed by atoms with van der Waals surface area (Å²) in [5, 5.41) is 3.18. The predicted octanol–water partition coefficient (Wildman–Crippen LogP) is 4.14. The van der Waals surface area contributed by atoms with Crippen molar-refractivity contribution in [1.29, 1.82) is 0 Å². The molecule has 0 bridgehead atoms. The van der Waals surface area contributed by atoms with Crippen molar-refractivity contribution in [2.45, 2.75) is 0 Å². The van der Waals surface area contributed by atoms with Gasteiger partial charge in [0.2, 0.25) is 5.91 Å². The number of amides is 1. The van der Waals surface area contributed by atoms with Gasteiger partial charge in [0.15, 0.2) is 34.9 Å². The third-order valence-corrected chi connectivity index (χ3v) is 7.51. The standard InChI is InChI=1S/C16H15ClF2N4O.C14H14F2N4/c17-10-13(24)23-8-6-22(7-9-23)12-3-2-11(14(18)15(12)19)16-20-4-1-5-21-16;15-12-10(14-18-4-1-5-19-14)2-3-11(13(12)16)20-8-6-17-7-9-20/h1-5H,6-10H2;1-5,17H,6-9H2. The molecular formula is C30H29ClF4N8O. The average molecular weight is 629 g/mol. The highest BCUT2D eigenvalue weighted by Crippen LogP contribution is 2.30. The molecule has 0 saturated carbocycles. The molecule has 2 fully saturated rings. The summed E-state index contributed by atoms with van der Waals surface area (Å²) in [7, 11) is 0. The molecule has 2 aliphatic heterocycles. The largest absolute Gasteiger partial charge is 0.367 e. The Morgan fingerprint density at radius 2 is 1.09 bits per heavy atom. The smallest absolute Gasteiger partial charge is 0.237 e. The molecule has 4 aromatic rings. The molecule has 1 amide bonds. The first kappa shape index (κ1) is 31.1. The van der Waals surface area contributed by atoms with Crippen LogP contribution in [-0.2, 0) is 4.79 Å². The van der Waals surface area contributed by atoms with Crippen LogP contribution in [0.3, 0.4) is 0 Å². The third-order valence-electron chi connectivity index (χ3n) is 7.28. The predicted molar refractivity (Wildman–Crippen MR) is 159 cm³/mol. The first-order valence-electron chi connectivity index (χ1n) is 13.9. The van der Waals surface area contributed by atoms with Gasteiger partial charge in [0, 0.05) is 77.1 Å². The van der Waals surface area contributed by atoms with Gasteiger partial charge in [0.1, 0.15) is 5.88 Å². The number of aromatic nitrogens is 4. The summed E-state index contributed by atoms with van der Waals surface area (Å²) in [4.78, 5) is 32.5. The van der Waals surface area contributed by atoms with Crippen molar-refractivity contribution < 1.29 is 22.4 Å². The van der Waals surface area contributed by atoms with Crippen molar-refractivity contribution in [1.82, 2.24) is 30.2 Å². The van der Waals surface area contributed by atoms with Crippen LogP contribution < -0.4 is 15.1 Å². The molecule has 44 heavy (non-hydrogen) atoms. The lowest BCUT2D eigenvalue weighted by Gasteiger charge is -2.36. The molecule has 0 aliphatic carbocycles. The van der Waals surface area contributed by atoms with E-state index >= 15 is 0 Å². The molecule has 2 aromatic carbocycles. The summed E-state index contributed by atoms with van der Waals surface area (Å²) < 4.78 is 57.3. The molecule has 0 spiro atoms. The lowest BCUT2D eigenvalue weighted by Crippen LogP contribution is -2.49. The number of hydrogen-bond acceptors (Lipinski definition) is 8. The van der Waals surface area contributed by atoms with Crippen LogP contribution in [0.4, 0.5) is 28.9 Å². The van der Waals surface area contributed by atoms with Crippen LogP contribution in [0, 0.1) is 23.3 Å². The number of halogens is 5. The Balaban J connectivity index is 0.000000177. The lowest BCUT2D eigenvalue weighted by atomic mass is 10.1. The molecule has 0 radical (unpaired) electrons. The van der Waals surface area contributed by atoms with E-state index in [9.17, 15) is 22.4 Å². The zero-order valence-corrected chi connectivity index (χ0v) is 24.3. The summed E-state index contributed by atoms with van der Waals surface area (Å²) in [6.45, 7) is 4.55. The molecule has 4 heterocycles. The van der Waals surface area contributed by atoms with Crippen molar-refractivity contribution in [3.63, 3.8) is 0 Å². The van der Waals surface area contributed by atoms with Gasteiger partial charge in [-0.3, -0.25) is 4.79 Å².